The molecule has 0 atom stereocenters. The Bertz CT molecular complexity index is 444. The molecule has 0 spiro atoms. The number of anilines is 1. The maximum absolute atomic E-state index is 12.7. The van der Waals surface area contributed by atoms with Gasteiger partial charge in [-0.05, 0) is 37.5 Å². The summed E-state index contributed by atoms with van der Waals surface area (Å²) < 4.78 is 0. The lowest BCUT2D eigenvalue weighted by Gasteiger charge is -2.27. The Balaban J connectivity index is 3.03. The number of rotatable bonds is 7. The number of halogens is 1. The number of nitrogens with zero attached hydrogens (tertiary/aromatic N) is 1. The minimum absolute atomic E-state index is 0.0276. The number of amides is 1. The summed E-state index contributed by atoms with van der Waals surface area (Å²) in [6.07, 6.45) is 2.92. The van der Waals surface area contributed by atoms with Crippen molar-refractivity contribution in [1.29, 1.82) is 0 Å². The predicted octanol–water partition coefficient (Wildman–Crippen LogP) is 4.42. The third-order valence-electron chi connectivity index (χ3n) is 3.59. The molecule has 0 heterocycles. The Morgan fingerprint density at radius 3 is 2.50 bits per heavy atom. The van der Waals surface area contributed by atoms with Crippen molar-refractivity contribution in [2.24, 2.45) is 0 Å². The van der Waals surface area contributed by atoms with Gasteiger partial charge in [0.05, 0.1) is 5.56 Å². The van der Waals surface area contributed by atoms with Crippen LogP contribution in [0.3, 0.4) is 0 Å². The van der Waals surface area contributed by atoms with Gasteiger partial charge in [-0.1, -0.05) is 32.4 Å². The average Bonchev–Trinajstić information content (AvgIpc) is 2.46. The molecular weight excluding hydrogens is 272 g/mol. The smallest absolute Gasteiger partial charge is 0.255 e. The third-order valence-corrected chi connectivity index (χ3v) is 3.82. The summed E-state index contributed by atoms with van der Waals surface area (Å²) in [4.78, 5) is 14.5. The molecule has 0 aliphatic carbocycles. The molecule has 0 aliphatic heterocycles. The minimum atomic E-state index is 0.0276. The molecule has 0 saturated carbocycles. The number of nitrogens with one attached hydrogen (secondary N) is 1. The van der Waals surface area contributed by atoms with Crippen LogP contribution in [0.25, 0.3) is 0 Å². The fourth-order valence-electron chi connectivity index (χ4n) is 2.30. The van der Waals surface area contributed by atoms with E-state index in [0.29, 0.717) is 10.6 Å². The molecule has 0 radical (unpaired) electrons. The fourth-order valence-corrected chi connectivity index (χ4v) is 2.47. The Morgan fingerprint density at radius 2 is 1.95 bits per heavy atom. The van der Waals surface area contributed by atoms with Crippen molar-refractivity contribution < 1.29 is 4.79 Å². The average molecular weight is 297 g/mol. The summed E-state index contributed by atoms with van der Waals surface area (Å²) in [5.74, 6) is 0.0276. The van der Waals surface area contributed by atoms with Gasteiger partial charge in [0, 0.05) is 30.3 Å². The lowest BCUT2D eigenvalue weighted by Crippen LogP contribution is -2.36. The maximum atomic E-state index is 12.7. The van der Waals surface area contributed by atoms with E-state index in [4.69, 9.17) is 11.6 Å². The molecule has 1 N–H and O–H groups in total. The molecule has 1 amide bonds. The van der Waals surface area contributed by atoms with Crippen molar-refractivity contribution in [2.45, 2.75) is 46.1 Å². The largest absolute Gasteiger partial charge is 0.384 e. The van der Waals surface area contributed by atoms with Crippen LogP contribution in [0.5, 0.6) is 0 Å². The number of hydrogen-bond donors (Lipinski definition) is 1. The first kappa shape index (κ1) is 16.8. The van der Waals surface area contributed by atoms with Gasteiger partial charge in [-0.2, -0.15) is 0 Å². The second-order valence-electron chi connectivity index (χ2n) is 5.00. The van der Waals surface area contributed by atoms with Gasteiger partial charge in [0.1, 0.15) is 0 Å². The molecule has 0 fully saturated rings. The van der Waals surface area contributed by atoms with Crippen molar-refractivity contribution in [3.63, 3.8) is 0 Å². The minimum Gasteiger partial charge on any atom is -0.384 e. The standard InChI is InChI=1S/C16H25ClN2O/c1-5-10-18-15-9-8-12(17)11-14(15)16(20)19(4)13(6-2)7-3/h8-9,11,13,18H,5-7,10H2,1-4H3. The third kappa shape index (κ3) is 4.14. The highest BCUT2D eigenvalue weighted by Crippen LogP contribution is 2.23. The normalized spacial score (nSPS) is 10.7. The van der Waals surface area contributed by atoms with E-state index in [1.54, 1.807) is 6.07 Å². The van der Waals surface area contributed by atoms with Gasteiger partial charge in [0.2, 0.25) is 0 Å². The lowest BCUT2D eigenvalue weighted by atomic mass is 10.1. The molecule has 1 rings (SSSR count). The van der Waals surface area contributed by atoms with Crippen LogP contribution in [0, 0.1) is 0 Å². The van der Waals surface area contributed by atoms with Gasteiger partial charge in [-0.25, -0.2) is 0 Å². The van der Waals surface area contributed by atoms with Gasteiger partial charge >= 0.3 is 0 Å². The summed E-state index contributed by atoms with van der Waals surface area (Å²) in [5.41, 5.74) is 1.51. The van der Waals surface area contributed by atoms with Crippen LogP contribution in [0.2, 0.25) is 5.02 Å². The zero-order valence-electron chi connectivity index (χ0n) is 12.9. The quantitative estimate of drug-likeness (QED) is 0.807. The van der Waals surface area contributed by atoms with Crippen LogP contribution in [0.1, 0.15) is 50.4 Å². The highest BCUT2D eigenvalue weighted by molar-refractivity contribution is 6.31. The van der Waals surface area contributed by atoms with Crippen molar-refractivity contribution >= 4 is 23.2 Å². The Morgan fingerprint density at radius 1 is 1.30 bits per heavy atom. The highest BCUT2D eigenvalue weighted by atomic mass is 35.5. The molecule has 0 unspecified atom stereocenters. The number of benzene rings is 1. The van der Waals surface area contributed by atoms with Crippen LogP contribution < -0.4 is 5.32 Å². The van der Waals surface area contributed by atoms with E-state index in [2.05, 4.69) is 26.1 Å². The van der Waals surface area contributed by atoms with Crippen LogP contribution in [0.15, 0.2) is 18.2 Å². The summed E-state index contributed by atoms with van der Waals surface area (Å²) in [5, 5.41) is 3.89. The molecule has 1 aromatic rings. The summed E-state index contributed by atoms with van der Waals surface area (Å²) in [6, 6.07) is 5.71. The van der Waals surface area contributed by atoms with E-state index in [1.165, 1.54) is 0 Å². The molecule has 0 aliphatic rings. The van der Waals surface area contributed by atoms with Crippen molar-refractivity contribution in [1.82, 2.24) is 4.90 Å². The highest BCUT2D eigenvalue weighted by Gasteiger charge is 2.21. The number of carbonyl (C=O) groups is 1. The van der Waals surface area contributed by atoms with Gasteiger partial charge in [0.25, 0.3) is 5.91 Å². The predicted molar refractivity (Wildman–Crippen MR) is 86.7 cm³/mol. The SMILES string of the molecule is CCCNc1ccc(Cl)cc1C(=O)N(C)C(CC)CC. The van der Waals surface area contributed by atoms with Gasteiger partial charge in [-0.15, -0.1) is 0 Å². The zero-order valence-corrected chi connectivity index (χ0v) is 13.6. The van der Waals surface area contributed by atoms with E-state index in [-0.39, 0.29) is 11.9 Å². The summed E-state index contributed by atoms with van der Waals surface area (Å²) in [7, 11) is 1.87. The lowest BCUT2D eigenvalue weighted by molar-refractivity contribution is 0.0724. The molecule has 20 heavy (non-hydrogen) atoms. The fraction of sp³-hybridized carbons (Fsp3) is 0.562. The van der Waals surface area contributed by atoms with Crippen molar-refractivity contribution in [3.8, 4) is 0 Å². The molecule has 112 valence electrons. The molecule has 1 aromatic carbocycles. The molecule has 3 nitrogen and oxygen atoms in total. The van der Waals surface area contributed by atoms with Crippen molar-refractivity contribution in [3.05, 3.63) is 28.8 Å². The first-order valence-corrected chi connectivity index (χ1v) is 7.73. The van der Waals surface area contributed by atoms with E-state index in [0.717, 1.165) is 31.5 Å². The first-order valence-electron chi connectivity index (χ1n) is 7.35. The monoisotopic (exact) mass is 296 g/mol. The Hall–Kier alpha value is -1.22. The number of carbonyl (C=O) groups excluding carboxylic acids is 1. The van der Waals surface area contributed by atoms with Crippen LogP contribution in [-0.4, -0.2) is 30.4 Å². The molecule has 4 heteroatoms. The zero-order chi connectivity index (χ0) is 15.1. The molecule has 0 aromatic heterocycles. The van der Waals surface area contributed by atoms with Gasteiger partial charge < -0.3 is 10.2 Å². The topological polar surface area (TPSA) is 32.3 Å². The van der Waals surface area contributed by atoms with E-state index in [9.17, 15) is 4.79 Å². The van der Waals surface area contributed by atoms with E-state index in [1.807, 2.05) is 24.1 Å². The summed E-state index contributed by atoms with van der Waals surface area (Å²) >= 11 is 6.05. The number of hydrogen-bond acceptors (Lipinski definition) is 2. The van der Waals surface area contributed by atoms with E-state index >= 15 is 0 Å². The summed E-state index contributed by atoms with van der Waals surface area (Å²) in [6.45, 7) is 7.15. The molecular formula is C16H25ClN2O. The van der Waals surface area contributed by atoms with Crippen LogP contribution >= 0.6 is 11.6 Å². The molecule has 0 saturated heterocycles. The second-order valence-corrected chi connectivity index (χ2v) is 5.44. The Labute approximate surface area is 127 Å². The maximum Gasteiger partial charge on any atom is 0.255 e. The van der Waals surface area contributed by atoms with Gasteiger partial charge in [-0.3, -0.25) is 4.79 Å². The van der Waals surface area contributed by atoms with Crippen LogP contribution in [-0.2, 0) is 0 Å². The first-order chi connectivity index (χ1) is 9.54. The Kier molecular flexibility index (Phi) is 6.86. The van der Waals surface area contributed by atoms with Crippen molar-refractivity contribution in [2.75, 3.05) is 18.9 Å². The van der Waals surface area contributed by atoms with Gasteiger partial charge in [0.15, 0.2) is 0 Å². The molecule has 0 bridgehead atoms. The van der Waals surface area contributed by atoms with E-state index < -0.39 is 0 Å². The second kappa shape index (κ2) is 8.15. The van der Waals surface area contributed by atoms with Crippen LogP contribution in [0.4, 0.5) is 5.69 Å².